The average molecular weight is 207 g/mol. The average Bonchev–Trinajstić information content (AvgIpc) is 2.17. The molecule has 82 valence electrons. The van der Waals surface area contributed by atoms with Gasteiger partial charge in [0.2, 0.25) is 0 Å². The van der Waals surface area contributed by atoms with Crippen molar-refractivity contribution in [1.82, 2.24) is 0 Å². The van der Waals surface area contributed by atoms with Crippen molar-refractivity contribution in [2.75, 3.05) is 12.3 Å². The summed E-state index contributed by atoms with van der Waals surface area (Å²) >= 11 is 0. The molecule has 0 saturated heterocycles. The minimum Gasteiger partial charge on any atom is -0.492 e. The highest BCUT2D eigenvalue weighted by Gasteiger charge is 2.20. The van der Waals surface area contributed by atoms with Crippen molar-refractivity contribution in [3.63, 3.8) is 0 Å². The molecular weight excluding hydrogens is 190 g/mol. The van der Waals surface area contributed by atoms with Crippen LogP contribution in [0, 0.1) is 0 Å². The van der Waals surface area contributed by atoms with E-state index in [0.29, 0.717) is 24.1 Å². The fraction of sp³-hybridized carbons (Fsp3) is 0.500. The van der Waals surface area contributed by atoms with Crippen molar-refractivity contribution < 1.29 is 9.47 Å². The molecular formula is C12H17NO2. The second-order valence-corrected chi connectivity index (χ2v) is 3.77. The van der Waals surface area contributed by atoms with Gasteiger partial charge in [0.1, 0.15) is 17.2 Å². The molecule has 0 aliphatic heterocycles. The molecule has 0 atom stereocenters. The smallest absolute Gasteiger partial charge is 0.146 e. The highest BCUT2D eigenvalue weighted by Crippen LogP contribution is 2.34. The Balaban J connectivity index is 2.11. The molecule has 1 aromatic carbocycles. The zero-order chi connectivity index (χ0) is 10.7. The molecule has 1 aromatic rings. The van der Waals surface area contributed by atoms with Crippen molar-refractivity contribution in [3.8, 4) is 11.5 Å². The Bertz CT molecular complexity index is 334. The molecule has 1 fully saturated rings. The number of anilines is 1. The van der Waals surface area contributed by atoms with Gasteiger partial charge in [-0.25, -0.2) is 0 Å². The summed E-state index contributed by atoms with van der Waals surface area (Å²) in [6, 6.07) is 5.68. The third kappa shape index (κ3) is 2.17. The van der Waals surface area contributed by atoms with Gasteiger partial charge in [-0.15, -0.1) is 0 Å². The lowest BCUT2D eigenvalue weighted by Crippen LogP contribution is -2.25. The SMILES string of the molecule is CCOc1cccc(OC2CCC2)c1N. The van der Waals surface area contributed by atoms with E-state index in [2.05, 4.69) is 0 Å². The minimum absolute atomic E-state index is 0.351. The Morgan fingerprint density at radius 2 is 2.07 bits per heavy atom. The van der Waals surface area contributed by atoms with Crippen molar-refractivity contribution in [2.45, 2.75) is 32.3 Å². The third-order valence-corrected chi connectivity index (χ3v) is 2.67. The van der Waals surface area contributed by atoms with Gasteiger partial charge in [-0.1, -0.05) is 6.07 Å². The van der Waals surface area contributed by atoms with E-state index in [1.807, 2.05) is 25.1 Å². The monoisotopic (exact) mass is 207 g/mol. The Hall–Kier alpha value is -1.38. The zero-order valence-electron chi connectivity index (χ0n) is 9.03. The van der Waals surface area contributed by atoms with Crippen molar-refractivity contribution in [3.05, 3.63) is 18.2 Å². The quantitative estimate of drug-likeness (QED) is 0.772. The molecule has 1 saturated carbocycles. The standard InChI is InChI=1S/C12H17NO2/c1-2-14-10-7-4-8-11(12(10)13)15-9-5-3-6-9/h4,7-9H,2-3,5-6,13H2,1H3. The van der Waals surface area contributed by atoms with Crippen LogP contribution in [0.5, 0.6) is 11.5 Å². The summed E-state index contributed by atoms with van der Waals surface area (Å²) in [6.45, 7) is 2.57. The highest BCUT2D eigenvalue weighted by atomic mass is 16.5. The van der Waals surface area contributed by atoms with Gasteiger partial charge in [-0.05, 0) is 38.3 Å². The molecule has 2 rings (SSSR count). The number of nitrogens with two attached hydrogens (primary N) is 1. The molecule has 2 N–H and O–H groups in total. The maximum atomic E-state index is 5.95. The predicted octanol–water partition coefficient (Wildman–Crippen LogP) is 2.60. The van der Waals surface area contributed by atoms with Crippen LogP contribution in [-0.4, -0.2) is 12.7 Å². The molecule has 3 nitrogen and oxygen atoms in total. The lowest BCUT2D eigenvalue weighted by Gasteiger charge is -2.27. The summed E-state index contributed by atoms with van der Waals surface area (Å²) in [4.78, 5) is 0. The second kappa shape index (κ2) is 4.43. The van der Waals surface area contributed by atoms with Crippen molar-refractivity contribution >= 4 is 5.69 Å². The Labute approximate surface area is 90.2 Å². The normalized spacial score (nSPS) is 15.8. The topological polar surface area (TPSA) is 44.5 Å². The predicted molar refractivity (Wildman–Crippen MR) is 60.3 cm³/mol. The van der Waals surface area contributed by atoms with Crippen LogP contribution < -0.4 is 15.2 Å². The van der Waals surface area contributed by atoms with Gasteiger partial charge in [0, 0.05) is 0 Å². The van der Waals surface area contributed by atoms with Crippen LogP contribution in [0.25, 0.3) is 0 Å². The lowest BCUT2D eigenvalue weighted by atomic mass is 9.96. The molecule has 15 heavy (non-hydrogen) atoms. The number of ether oxygens (including phenoxy) is 2. The fourth-order valence-corrected chi connectivity index (χ4v) is 1.58. The summed E-state index contributed by atoms with van der Waals surface area (Å²) < 4.78 is 11.2. The van der Waals surface area contributed by atoms with E-state index in [9.17, 15) is 0 Å². The van der Waals surface area contributed by atoms with Gasteiger partial charge in [-0.2, -0.15) is 0 Å². The van der Waals surface area contributed by atoms with E-state index in [4.69, 9.17) is 15.2 Å². The summed E-state index contributed by atoms with van der Waals surface area (Å²) in [6.07, 6.45) is 3.89. The number of nitrogen functional groups attached to an aromatic ring is 1. The van der Waals surface area contributed by atoms with E-state index in [-0.39, 0.29) is 0 Å². The molecule has 0 unspecified atom stereocenters. The van der Waals surface area contributed by atoms with Crippen LogP contribution in [0.1, 0.15) is 26.2 Å². The largest absolute Gasteiger partial charge is 0.492 e. The van der Waals surface area contributed by atoms with Gasteiger partial charge in [0.25, 0.3) is 0 Å². The van der Waals surface area contributed by atoms with Crippen molar-refractivity contribution in [1.29, 1.82) is 0 Å². The van der Waals surface area contributed by atoms with Crippen LogP contribution >= 0.6 is 0 Å². The Kier molecular flexibility index (Phi) is 2.99. The first-order valence-corrected chi connectivity index (χ1v) is 5.49. The van der Waals surface area contributed by atoms with E-state index in [1.54, 1.807) is 0 Å². The van der Waals surface area contributed by atoms with E-state index < -0.39 is 0 Å². The van der Waals surface area contributed by atoms with Crippen LogP contribution in [0.4, 0.5) is 5.69 Å². The number of hydrogen-bond donors (Lipinski definition) is 1. The number of rotatable bonds is 4. The van der Waals surface area contributed by atoms with Crippen LogP contribution in [0.3, 0.4) is 0 Å². The Morgan fingerprint density at radius 1 is 1.33 bits per heavy atom. The molecule has 3 heteroatoms. The van der Waals surface area contributed by atoms with Gasteiger partial charge in [0.05, 0.1) is 12.7 Å². The highest BCUT2D eigenvalue weighted by molar-refractivity contribution is 5.62. The van der Waals surface area contributed by atoms with Crippen LogP contribution in [-0.2, 0) is 0 Å². The summed E-state index contributed by atoms with van der Waals surface area (Å²) in [5.41, 5.74) is 6.56. The van der Waals surface area contributed by atoms with E-state index >= 15 is 0 Å². The van der Waals surface area contributed by atoms with Gasteiger partial charge >= 0.3 is 0 Å². The second-order valence-electron chi connectivity index (χ2n) is 3.77. The molecule has 0 heterocycles. The molecule has 1 aliphatic carbocycles. The lowest BCUT2D eigenvalue weighted by molar-refractivity contribution is 0.121. The molecule has 1 aliphatic rings. The maximum absolute atomic E-state index is 5.95. The van der Waals surface area contributed by atoms with Crippen molar-refractivity contribution in [2.24, 2.45) is 0 Å². The third-order valence-electron chi connectivity index (χ3n) is 2.67. The first-order valence-electron chi connectivity index (χ1n) is 5.49. The van der Waals surface area contributed by atoms with Crippen LogP contribution in [0.2, 0.25) is 0 Å². The van der Waals surface area contributed by atoms with E-state index in [0.717, 1.165) is 18.6 Å². The minimum atomic E-state index is 0.351. The van der Waals surface area contributed by atoms with Gasteiger partial charge < -0.3 is 15.2 Å². The summed E-state index contributed by atoms with van der Waals surface area (Å²) in [5.74, 6) is 1.47. The summed E-state index contributed by atoms with van der Waals surface area (Å²) in [5, 5.41) is 0. The number of hydrogen-bond acceptors (Lipinski definition) is 3. The van der Waals surface area contributed by atoms with Gasteiger partial charge in [0.15, 0.2) is 0 Å². The first kappa shape index (κ1) is 10.1. The molecule has 0 aromatic heterocycles. The molecule has 0 bridgehead atoms. The summed E-state index contributed by atoms with van der Waals surface area (Å²) in [7, 11) is 0. The number of para-hydroxylation sites is 1. The van der Waals surface area contributed by atoms with Crippen LogP contribution in [0.15, 0.2) is 18.2 Å². The number of benzene rings is 1. The molecule has 0 radical (unpaired) electrons. The molecule has 0 amide bonds. The zero-order valence-corrected chi connectivity index (χ0v) is 9.03. The van der Waals surface area contributed by atoms with Gasteiger partial charge in [-0.3, -0.25) is 0 Å². The first-order chi connectivity index (χ1) is 7.31. The van der Waals surface area contributed by atoms with E-state index in [1.165, 1.54) is 6.42 Å². The fourth-order valence-electron chi connectivity index (χ4n) is 1.58. The maximum Gasteiger partial charge on any atom is 0.146 e. The Morgan fingerprint density at radius 3 is 2.67 bits per heavy atom. The molecule has 0 spiro atoms.